The highest BCUT2D eigenvalue weighted by molar-refractivity contribution is 5.80. The van der Waals surface area contributed by atoms with Crippen LogP contribution in [0.5, 0.6) is 0 Å². The van der Waals surface area contributed by atoms with E-state index in [-0.39, 0.29) is 12.5 Å². The maximum absolute atomic E-state index is 12.7. The van der Waals surface area contributed by atoms with Crippen molar-refractivity contribution in [2.45, 2.75) is 44.9 Å². The maximum atomic E-state index is 12.7. The second-order valence-corrected chi connectivity index (χ2v) is 7.16. The first-order chi connectivity index (χ1) is 11.2. The van der Waals surface area contributed by atoms with Crippen molar-refractivity contribution in [3.05, 3.63) is 11.9 Å². The molecule has 0 radical (unpaired) electrons. The maximum Gasteiger partial charge on any atom is 0.227 e. The van der Waals surface area contributed by atoms with Crippen molar-refractivity contribution in [2.75, 3.05) is 26.2 Å². The standard InChI is InChI=1S/C16H25N5O2/c22-11-13-8-21(18-17-13)9-14-7-12-3-6-20(14)10-15(12)16(23)19-4-1-2-5-19/h8,12,14-15,22H,1-7,9-11H2/t12-,14+,15-/m0/s1. The molecule has 1 aromatic heterocycles. The average molecular weight is 319 g/mol. The molecule has 1 N–H and O–H groups in total. The van der Waals surface area contributed by atoms with Crippen LogP contribution >= 0.6 is 0 Å². The number of aliphatic hydroxyl groups excluding tert-OH is 1. The molecule has 0 aromatic carbocycles. The number of aliphatic hydroxyl groups is 1. The van der Waals surface area contributed by atoms with E-state index in [1.807, 2.05) is 10.9 Å². The average Bonchev–Trinajstić information content (AvgIpc) is 3.26. The lowest BCUT2D eigenvalue weighted by molar-refractivity contribution is -0.142. The third kappa shape index (κ3) is 2.87. The van der Waals surface area contributed by atoms with Crippen molar-refractivity contribution < 1.29 is 9.90 Å². The summed E-state index contributed by atoms with van der Waals surface area (Å²) in [4.78, 5) is 17.3. The van der Waals surface area contributed by atoms with Crippen LogP contribution in [0.3, 0.4) is 0 Å². The fourth-order valence-corrected chi connectivity index (χ4v) is 4.50. The number of fused-ring (bicyclic) bond motifs is 3. The third-order valence-electron chi connectivity index (χ3n) is 5.76. The summed E-state index contributed by atoms with van der Waals surface area (Å²) in [6.45, 7) is 4.62. The number of aromatic nitrogens is 3. The first-order valence-electron chi connectivity index (χ1n) is 8.77. The summed E-state index contributed by atoms with van der Waals surface area (Å²) in [6.07, 6.45) is 6.35. The molecule has 4 fully saturated rings. The van der Waals surface area contributed by atoms with E-state index in [0.717, 1.165) is 58.4 Å². The number of carbonyl (C=O) groups is 1. The van der Waals surface area contributed by atoms with E-state index in [0.29, 0.717) is 23.6 Å². The highest BCUT2D eigenvalue weighted by atomic mass is 16.3. The van der Waals surface area contributed by atoms with Crippen LogP contribution in [-0.2, 0) is 17.9 Å². The highest BCUT2D eigenvalue weighted by Crippen LogP contribution is 2.38. The van der Waals surface area contributed by atoms with Gasteiger partial charge in [-0.2, -0.15) is 0 Å². The van der Waals surface area contributed by atoms with Gasteiger partial charge >= 0.3 is 0 Å². The number of hydrogen-bond acceptors (Lipinski definition) is 5. The lowest BCUT2D eigenvalue weighted by Crippen LogP contribution is -2.58. The lowest BCUT2D eigenvalue weighted by atomic mass is 9.75. The number of nitrogens with zero attached hydrogens (tertiary/aromatic N) is 5. The quantitative estimate of drug-likeness (QED) is 0.852. The molecule has 1 amide bonds. The van der Waals surface area contributed by atoms with Gasteiger partial charge in [0.2, 0.25) is 5.91 Å². The van der Waals surface area contributed by atoms with Crippen LogP contribution in [0.4, 0.5) is 0 Å². The Morgan fingerprint density at radius 3 is 2.78 bits per heavy atom. The molecule has 2 bridgehead atoms. The van der Waals surface area contributed by atoms with Gasteiger partial charge in [0.15, 0.2) is 0 Å². The number of likely N-dealkylation sites (tertiary alicyclic amines) is 1. The van der Waals surface area contributed by atoms with Gasteiger partial charge in [0.1, 0.15) is 5.69 Å². The van der Waals surface area contributed by atoms with E-state index in [9.17, 15) is 4.79 Å². The zero-order valence-electron chi connectivity index (χ0n) is 13.5. The van der Waals surface area contributed by atoms with Gasteiger partial charge in [0, 0.05) is 25.7 Å². The van der Waals surface area contributed by atoms with Gasteiger partial charge in [0.05, 0.1) is 25.3 Å². The van der Waals surface area contributed by atoms with E-state index < -0.39 is 0 Å². The molecule has 4 atom stereocenters. The SMILES string of the molecule is O=C([C@H]1CN2CC[C@H]1C[C@@H]2Cn1cc(CO)nn1)N1CCCC1. The Morgan fingerprint density at radius 2 is 2.13 bits per heavy atom. The monoisotopic (exact) mass is 319 g/mol. The summed E-state index contributed by atoms with van der Waals surface area (Å²) in [7, 11) is 0. The fourth-order valence-electron chi connectivity index (χ4n) is 4.50. The van der Waals surface area contributed by atoms with Crippen LogP contribution in [0.2, 0.25) is 0 Å². The summed E-state index contributed by atoms with van der Waals surface area (Å²) >= 11 is 0. The fraction of sp³-hybridized carbons (Fsp3) is 0.812. The Bertz CT molecular complexity index is 569. The van der Waals surface area contributed by atoms with Gasteiger partial charge in [-0.3, -0.25) is 14.4 Å². The molecule has 126 valence electrons. The number of carbonyl (C=O) groups excluding carboxylic acids is 1. The molecule has 4 aliphatic rings. The van der Waals surface area contributed by atoms with Crippen molar-refractivity contribution >= 4 is 5.91 Å². The molecular weight excluding hydrogens is 294 g/mol. The summed E-state index contributed by atoms with van der Waals surface area (Å²) in [5.41, 5.74) is 0.614. The van der Waals surface area contributed by atoms with Crippen LogP contribution in [0.1, 0.15) is 31.4 Å². The first kappa shape index (κ1) is 15.1. The van der Waals surface area contributed by atoms with Crippen LogP contribution in [0, 0.1) is 11.8 Å². The topological polar surface area (TPSA) is 74.5 Å². The Hall–Kier alpha value is -1.47. The molecule has 1 unspecified atom stereocenters. The molecule has 1 aromatic rings. The summed E-state index contributed by atoms with van der Waals surface area (Å²) < 4.78 is 1.83. The second-order valence-electron chi connectivity index (χ2n) is 7.16. The minimum atomic E-state index is -0.0661. The molecular formula is C16H25N5O2. The molecule has 7 heteroatoms. The Labute approximate surface area is 136 Å². The van der Waals surface area contributed by atoms with Gasteiger partial charge in [-0.25, -0.2) is 0 Å². The molecule has 5 rings (SSSR count). The van der Waals surface area contributed by atoms with Crippen molar-refractivity contribution in [2.24, 2.45) is 11.8 Å². The van der Waals surface area contributed by atoms with Crippen molar-refractivity contribution in [3.63, 3.8) is 0 Å². The van der Waals surface area contributed by atoms with Crippen molar-refractivity contribution in [1.82, 2.24) is 24.8 Å². The Balaban J connectivity index is 1.40. The van der Waals surface area contributed by atoms with Gasteiger partial charge in [-0.15, -0.1) is 5.10 Å². The highest BCUT2D eigenvalue weighted by Gasteiger charge is 2.44. The number of piperidine rings is 3. The normalized spacial score (nSPS) is 33.3. The van der Waals surface area contributed by atoms with E-state index >= 15 is 0 Å². The molecule has 5 heterocycles. The molecule has 4 saturated heterocycles. The molecule has 0 saturated carbocycles. The van der Waals surface area contributed by atoms with Crippen LogP contribution in [0.15, 0.2) is 6.20 Å². The summed E-state index contributed by atoms with van der Waals surface area (Å²) in [5, 5.41) is 17.1. The molecule has 4 aliphatic heterocycles. The predicted molar refractivity (Wildman–Crippen MR) is 83.3 cm³/mol. The lowest BCUT2D eigenvalue weighted by Gasteiger charge is -2.49. The van der Waals surface area contributed by atoms with E-state index in [4.69, 9.17) is 5.11 Å². The smallest absolute Gasteiger partial charge is 0.227 e. The largest absolute Gasteiger partial charge is 0.390 e. The van der Waals surface area contributed by atoms with Gasteiger partial charge in [-0.1, -0.05) is 5.21 Å². The Kier molecular flexibility index (Phi) is 4.07. The zero-order chi connectivity index (χ0) is 15.8. The number of rotatable bonds is 4. The Morgan fingerprint density at radius 1 is 1.30 bits per heavy atom. The van der Waals surface area contributed by atoms with Gasteiger partial charge < -0.3 is 10.0 Å². The van der Waals surface area contributed by atoms with Gasteiger partial charge in [0.25, 0.3) is 0 Å². The molecule has 0 spiro atoms. The minimum absolute atomic E-state index is 0.0661. The molecule has 7 nitrogen and oxygen atoms in total. The molecule has 0 aliphatic carbocycles. The number of amides is 1. The van der Waals surface area contributed by atoms with E-state index in [2.05, 4.69) is 20.1 Å². The minimum Gasteiger partial charge on any atom is -0.390 e. The number of hydrogen-bond donors (Lipinski definition) is 1. The van der Waals surface area contributed by atoms with E-state index in [1.165, 1.54) is 0 Å². The first-order valence-corrected chi connectivity index (χ1v) is 8.77. The van der Waals surface area contributed by atoms with Gasteiger partial charge in [-0.05, 0) is 38.1 Å². The van der Waals surface area contributed by atoms with E-state index in [1.54, 1.807) is 0 Å². The predicted octanol–water partition coefficient (Wildman–Crippen LogP) is 0.103. The van der Waals surface area contributed by atoms with Crippen LogP contribution in [0.25, 0.3) is 0 Å². The van der Waals surface area contributed by atoms with Crippen molar-refractivity contribution in [1.29, 1.82) is 0 Å². The van der Waals surface area contributed by atoms with Crippen molar-refractivity contribution in [3.8, 4) is 0 Å². The van der Waals surface area contributed by atoms with Crippen LogP contribution in [-0.4, -0.2) is 68.0 Å². The summed E-state index contributed by atoms with van der Waals surface area (Å²) in [5.74, 6) is 1.10. The zero-order valence-corrected chi connectivity index (χ0v) is 13.5. The molecule has 23 heavy (non-hydrogen) atoms. The third-order valence-corrected chi connectivity index (χ3v) is 5.76. The second kappa shape index (κ2) is 6.20. The summed E-state index contributed by atoms with van der Waals surface area (Å²) in [6, 6.07) is 0.435. The van der Waals surface area contributed by atoms with Crippen LogP contribution < -0.4 is 0 Å².